The molecule has 2 fully saturated rings. The minimum atomic E-state index is 0.201. The van der Waals surface area contributed by atoms with Crippen LogP contribution in [0.25, 0.3) is 0 Å². The highest BCUT2D eigenvalue weighted by Crippen LogP contribution is 2.40. The molecule has 0 spiro atoms. The highest BCUT2D eigenvalue weighted by atomic mass is 15.1. The number of anilines is 2. The zero-order chi connectivity index (χ0) is 30.1. The van der Waals surface area contributed by atoms with Gasteiger partial charge < -0.3 is 4.90 Å². The Morgan fingerprint density at radius 1 is 0.786 bits per heavy atom. The molecule has 0 heterocycles. The molecule has 1 unspecified atom stereocenters. The maximum absolute atomic E-state index is 4.10. The Bertz CT molecular complexity index is 1160. The molecule has 0 saturated heterocycles. The van der Waals surface area contributed by atoms with Gasteiger partial charge in [-0.3, -0.25) is 0 Å². The molecule has 4 rings (SSSR count). The number of rotatable bonds is 11. The molecular weight excluding hydrogens is 506 g/mol. The lowest BCUT2D eigenvalue weighted by atomic mass is 9.80. The van der Waals surface area contributed by atoms with Gasteiger partial charge in [0, 0.05) is 17.1 Å². The Kier molecular flexibility index (Phi) is 11.8. The van der Waals surface area contributed by atoms with Crippen LogP contribution in [0.4, 0.5) is 11.4 Å². The zero-order valence-corrected chi connectivity index (χ0v) is 27.8. The molecular formula is C41H59N. The first kappa shape index (κ1) is 32.4. The second kappa shape index (κ2) is 15.3. The summed E-state index contributed by atoms with van der Waals surface area (Å²) in [6.45, 7) is 18.2. The van der Waals surface area contributed by atoms with Crippen molar-refractivity contribution >= 4 is 11.4 Å². The van der Waals surface area contributed by atoms with Gasteiger partial charge in [-0.25, -0.2) is 0 Å². The SMILES string of the molecule is C=C/C=C(\CC/C(=C/C(C)C(C)(C)C)N(c1ccc(C(C)C)cc1)c1ccc(C2CCCCC2)cc1)C1CCCCC1. The van der Waals surface area contributed by atoms with E-state index in [-0.39, 0.29) is 5.41 Å². The molecule has 2 aliphatic rings. The smallest absolute Gasteiger partial charge is 0.0458 e. The van der Waals surface area contributed by atoms with Crippen molar-refractivity contribution in [2.75, 3.05) is 4.90 Å². The van der Waals surface area contributed by atoms with E-state index < -0.39 is 0 Å². The van der Waals surface area contributed by atoms with E-state index >= 15 is 0 Å². The predicted octanol–water partition coefficient (Wildman–Crippen LogP) is 13.0. The summed E-state index contributed by atoms with van der Waals surface area (Å²) >= 11 is 0. The summed E-state index contributed by atoms with van der Waals surface area (Å²) in [4.78, 5) is 2.57. The van der Waals surface area contributed by atoms with Crippen molar-refractivity contribution in [1.29, 1.82) is 0 Å². The van der Waals surface area contributed by atoms with Gasteiger partial charge in [-0.1, -0.05) is 135 Å². The molecule has 0 aliphatic heterocycles. The van der Waals surface area contributed by atoms with Gasteiger partial charge in [0.2, 0.25) is 0 Å². The molecule has 228 valence electrons. The van der Waals surface area contributed by atoms with E-state index in [1.807, 2.05) is 6.08 Å². The fourth-order valence-corrected chi connectivity index (χ4v) is 6.95. The molecule has 0 bridgehead atoms. The van der Waals surface area contributed by atoms with E-state index in [4.69, 9.17) is 0 Å². The Balaban J connectivity index is 1.74. The largest absolute Gasteiger partial charge is 0.315 e. The van der Waals surface area contributed by atoms with E-state index in [2.05, 4.69) is 114 Å². The van der Waals surface area contributed by atoms with Crippen molar-refractivity contribution in [1.82, 2.24) is 0 Å². The monoisotopic (exact) mass is 565 g/mol. The number of allylic oxidation sites excluding steroid dienone is 5. The molecule has 1 heteroatoms. The van der Waals surface area contributed by atoms with Crippen LogP contribution in [0.2, 0.25) is 0 Å². The van der Waals surface area contributed by atoms with E-state index in [0.29, 0.717) is 17.8 Å². The third kappa shape index (κ3) is 8.75. The molecule has 1 nitrogen and oxygen atoms in total. The maximum Gasteiger partial charge on any atom is 0.0458 e. The van der Waals surface area contributed by atoms with Gasteiger partial charge in [0.1, 0.15) is 0 Å². The van der Waals surface area contributed by atoms with Crippen molar-refractivity contribution in [2.45, 2.75) is 130 Å². The van der Waals surface area contributed by atoms with Crippen LogP contribution in [0.1, 0.15) is 142 Å². The van der Waals surface area contributed by atoms with Crippen molar-refractivity contribution in [2.24, 2.45) is 17.3 Å². The summed E-state index contributed by atoms with van der Waals surface area (Å²) in [5.74, 6) is 2.42. The Hall–Kier alpha value is -2.54. The number of hydrogen-bond donors (Lipinski definition) is 0. The van der Waals surface area contributed by atoms with E-state index in [1.54, 1.807) is 5.57 Å². The topological polar surface area (TPSA) is 3.24 Å². The summed E-state index contributed by atoms with van der Waals surface area (Å²) in [5.41, 5.74) is 8.69. The predicted molar refractivity (Wildman–Crippen MR) is 186 cm³/mol. The molecule has 0 amide bonds. The average Bonchev–Trinajstić information content (AvgIpc) is 3.00. The maximum atomic E-state index is 4.10. The van der Waals surface area contributed by atoms with Crippen molar-refractivity contribution in [3.05, 3.63) is 95.7 Å². The summed E-state index contributed by atoms with van der Waals surface area (Å²) in [7, 11) is 0. The quantitative estimate of drug-likeness (QED) is 0.245. The normalized spacial score (nSPS) is 18.7. The van der Waals surface area contributed by atoms with Gasteiger partial charge in [0.05, 0.1) is 0 Å². The third-order valence-corrected chi connectivity index (χ3v) is 10.3. The molecule has 0 radical (unpaired) electrons. The van der Waals surface area contributed by atoms with Crippen molar-refractivity contribution in [3.63, 3.8) is 0 Å². The molecule has 2 aromatic rings. The van der Waals surface area contributed by atoms with E-state index in [9.17, 15) is 0 Å². The van der Waals surface area contributed by atoms with Gasteiger partial charge in [-0.2, -0.15) is 0 Å². The summed E-state index contributed by atoms with van der Waals surface area (Å²) < 4.78 is 0. The number of hydrogen-bond acceptors (Lipinski definition) is 1. The van der Waals surface area contributed by atoms with Crippen LogP contribution >= 0.6 is 0 Å². The van der Waals surface area contributed by atoms with E-state index in [0.717, 1.165) is 18.8 Å². The first-order valence-electron chi connectivity index (χ1n) is 17.2. The third-order valence-electron chi connectivity index (χ3n) is 10.3. The highest BCUT2D eigenvalue weighted by Gasteiger charge is 2.24. The highest BCUT2D eigenvalue weighted by molar-refractivity contribution is 5.69. The minimum absolute atomic E-state index is 0.201. The molecule has 0 aromatic heterocycles. The summed E-state index contributed by atoms with van der Waals surface area (Å²) in [6, 6.07) is 19.0. The van der Waals surface area contributed by atoms with Gasteiger partial charge in [-0.15, -0.1) is 0 Å². The zero-order valence-electron chi connectivity index (χ0n) is 27.8. The molecule has 2 aliphatic carbocycles. The molecule has 0 N–H and O–H groups in total. The fourth-order valence-electron chi connectivity index (χ4n) is 6.95. The standard InChI is InChI=1S/C41H59N/c1-8-15-34(35-16-11-9-12-17-35)24-29-40(30-32(4)41(5,6)7)42(38-25-20-33(21-26-38)31(2)3)39-27-22-37(23-28-39)36-18-13-10-14-19-36/h8,15,20-23,25-28,30-32,35-36H,1,9-14,16-19,24,29H2,2-7H3/b34-15+,40-30-. The molecule has 1 atom stereocenters. The van der Waals surface area contributed by atoms with Gasteiger partial charge in [0.15, 0.2) is 0 Å². The van der Waals surface area contributed by atoms with Crippen LogP contribution in [-0.4, -0.2) is 0 Å². The van der Waals surface area contributed by atoms with Crippen LogP contribution < -0.4 is 4.90 Å². The molecule has 2 aromatic carbocycles. The van der Waals surface area contributed by atoms with Crippen LogP contribution in [-0.2, 0) is 0 Å². The van der Waals surface area contributed by atoms with Crippen LogP contribution in [0.5, 0.6) is 0 Å². The Morgan fingerprint density at radius 3 is 1.86 bits per heavy atom. The Labute approximate surface area is 259 Å². The summed E-state index contributed by atoms with van der Waals surface area (Å²) in [6.07, 6.45) is 22.7. The summed E-state index contributed by atoms with van der Waals surface area (Å²) in [5, 5.41) is 0. The first-order valence-corrected chi connectivity index (χ1v) is 17.2. The van der Waals surface area contributed by atoms with Crippen molar-refractivity contribution < 1.29 is 0 Å². The second-order valence-electron chi connectivity index (χ2n) is 14.6. The Morgan fingerprint density at radius 2 is 1.33 bits per heavy atom. The molecule has 2 saturated carbocycles. The fraction of sp³-hybridized carbons (Fsp3) is 0.561. The second-order valence-corrected chi connectivity index (χ2v) is 14.6. The van der Waals surface area contributed by atoms with Crippen LogP contribution in [0.3, 0.4) is 0 Å². The number of benzene rings is 2. The lowest BCUT2D eigenvalue weighted by Crippen LogP contribution is -2.22. The van der Waals surface area contributed by atoms with Crippen molar-refractivity contribution in [3.8, 4) is 0 Å². The number of nitrogens with zero attached hydrogens (tertiary/aromatic N) is 1. The lowest BCUT2D eigenvalue weighted by molar-refractivity contribution is 0.312. The van der Waals surface area contributed by atoms with Crippen LogP contribution in [0, 0.1) is 17.3 Å². The van der Waals surface area contributed by atoms with Gasteiger partial charge in [-0.05, 0) is 103 Å². The average molecular weight is 566 g/mol. The van der Waals surface area contributed by atoms with Gasteiger partial charge >= 0.3 is 0 Å². The lowest BCUT2D eigenvalue weighted by Gasteiger charge is -2.33. The minimum Gasteiger partial charge on any atom is -0.315 e. The van der Waals surface area contributed by atoms with E-state index in [1.165, 1.54) is 92.4 Å². The first-order chi connectivity index (χ1) is 20.2. The molecule has 42 heavy (non-hydrogen) atoms. The van der Waals surface area contributed by atoms with Crippen LogP contribution in [0.15, 0.2) is 84.6 Å². The van der Waals surface area contributed by atoms with Gasteiger partial charge in [0.25, 0.3) is 0 Å².